The molecule has 0 spiro atoms. The largest absolute Gasteiger partial charge is 0.465 e. The van der Waals surface area contributed by atoms with E-state index in [0.717, 1.165) is 11.3 Å². The van der Waals surface area contributed by atoms with Gasteiger partial charge in [-0.3, -0.25) is 10.1 Å². The van der Waals surface area contributed by atoms with Crippen LogP contribution in [0.25, 0.3) is 0 Å². The van der Waals surface area contributed by atoms with E-state index in [0.29, 0.717) is 26.8 Å². The fourth-order valence-electron chi connectivity index (χ4n) is 1.78. The minimum absolute atomic E-state index is 0.296. The molecule has 2 rings (SSSR count). The average molecular weight is 334 g/mol. The van der Waals surface area contributed by atoms with E-state index in [9.17, 15) is 14.4 Å². The van der Waals surface area contributed by atoms with E-state index in [1.807, 2.05) is 0 Å². The Balaban J connectivity index is 2.13. The molecule has 120 valence electrons. The number of carbonyl (C=O) groups is 3. The third-order valence-electron chi connectivity index (χ3n) is 2.96. The molecule has 1 heterocycles. The van der Waals surface area contributed by atoms with Crippen LogP contribution in [0.4, 0.5) is 5.13 Å². The van der Waals surface area contributed by atoms with Gasteiger partial charge in [0.05, 0.1) is 25.5 Å². The Kier molecular flexibility index (Phi) is 5.07. The summed E-state index contributed by atoms with van der Waals surface area (Å²) in [7, 11) is 2.56. The number of esters is 2. The van der Waals surface area contributed by atoms with Crippen LogP contribution < -0.4 is 5.32 Å². The molecule has 0 aliphatic heterocycles. The number of methoxy groups -OCH3 is 2. The van der Waals surface area contributed by atoms with Crippen molar-refractivity contribution in [2.75, 3.05) is 19.5 Å². The second-order valence-corrected chi connectivity index (χ2v) is 5.45. The number of rotatable bonds is 4. The van der Waals surface area contributed by atoms with Gasteiger partial charge in [0.2, 0.25) is 0 Å². The number of anilines is 1. The van der Waals surface area contributed by atoms with Gasteiger partial charge in [0.1, 0.15) is 4.88 Å². The normalized spacial score (nSPS) is 10.0. The summed E-state index contributed by atoms with van der Waals surface area (Å²) in [5.74, 6) is -1.37. The molecule has 0 bridgehead atoms. The van der Waals surface area contributed by atoms with Gasteiger partial charge in [-0.25, -0.2) is 14.6 Å². The van der Waals surface area contributed by atoms with Gasteiger partial charge in [-0.05, 0) is 31.2 Å². The van der Waals surface area contributed by atoms with Crippen LogP contribution in [0.2, 0.25) is 0 Å². The fourth-order valence-corrected chi connectivity index (χ4v) is 2.66. The Hall–Kier alpha value is -2.74. The van der Waals surface area contributed by atoms with Crippen molar-refractivity contribution in [2.45, 2.75) is 6.92 Å². The molecule has 7 nitrogen and oxygen atoms in total. The molecular formula is C15H14N2O5S. The third-order valence-corrected chi connectivity index (χ3v) is 4.01. The second kappa shape index (κ2) is 7.01. The van der Waals surface area contributed by atoms with Crippen LogP contribution >= 0.6 is 11.3 Å². The predicted molar refractivity (Wildman–Crippen MR) is 83.9 cm³/mol. The first kappa shape index (κ1) is 16.6. The number of ether oxygens (including phenoxy) is 2. The van der Waals surface area contributed by atoms with Crippen LogP contribution in [0, 0.1) is 6.92 Å². The van der Waals surface area contributed by atoms with Crippen molar-refractivity contribution < 1.29 is 23.9 Å². The Morgan fingerprint density at radius 1 is 1.00 bits per heavy atom. The summed E-state index contributed by atoms with van der Waals surface area (Å²) in [6.07, 6.45) is 0. The highest BCUT2D eigenvalue weighted by Gasteiger charge is 2.17. The first-order valence-electron chi connectivity index (χ1n) is 6.51. The number of nitrogens with zero attached hydrogens (tertiary/aromatic N) is 1. The predicted octanol–water partition coefficient (Wildman–Crippen LogP) is 2.28. The molecule has 0 saturated heterocycles. The highest BCUT2D eigenvalue weighted by atomic mass is 32.1. The van der Waals surface area contributed by atoms with E-state index in [4.69, 9.17) is 0 Å². The minimum Gasteiger partial charge on any atom is -0.465 e. The first-order valence-corrected chi connectivity index (χ1v) is 7.33. The molecule has 1 aromatic heterocycles. The summed E-state index contributed by atoms with van der Waals surface area (Å²) in [6, 6.07) is 5.99. The molecule has 8 heteroatoms. The highest BCUT2D eigenvalue weighted by Crippen LogP contribution is 2.23. The maximum absolute atomic E-state index is 12.1. The monoisotopic (exact) mass is 334 g/mol. The van der Waals surface area contributed by atoms with Crippen molar-refractivity contribution in [2.24, 2.45) is 0 Å². The van der Waals surface area contributed by atoms with Gasteiger partial charge in [0.15, 0.2) is 5.13 Å². The number of carbonyl (C=O) groups excluding carboxylic acids is 3. The Morgan fingerprint density at radius 3 is 2.13 bits per heavy atom. The molecule has 0 aliphatic rings. The van der Waals surface area contributed by atoms with E-state index < -0.39 is 17.8 Å². The Labute approximate surface area is 136 Å². The van der Waals surface area contributed by atoms with Crippen LogP contribution in [0.1, 0.15) is 36.1 Å². The molecule has 0 aliphatic carbocycles. The van der Waals surface area contributed by atoms with Crippen molar-refractivity contribution in [3.8, 4) is 0 Å². The maximum Gasteiger partial charge on any atom is 0.350 e. The smallest absolute Gasteiger partial charge is 0.350 e. The topological polar surface area (TPSA) is 94.6 Å². The van der Waals surface area contributed by atoms with Crippen molar-refractivity contribution in [3.05, 3.63) is 46.0 Å². The summed E-state index contributed by atoms with van der Waals surface area (Å²) in [4.78, 5) is 39.5. The summed E-state index contributed by atoms with van der Waals surface area (Å²) in [5.41, 5.74) is 1.19. The van der Waals surface area contributed by atoms with E-state index >= 15 is 0 Å². The summed E-state index contributed by atoms with van der Waals surface area (Å²) in [5, 5.41) is 2.90. The molecule has 0 fully saturated rings. The molecule has 23 heavy (non-hydrogen) atoms. The highest BCUT2D eigenvalue weighted by molar-refractivity contribution is 7.17. The van der Waals surface area contributed by atoms with E-state index in [1.54, 1.807) is 6.92 Å². The van der Waals surface area contributed by atoms with E-state index in [-0.39, 0.29) is 0 Å². The second-order valence-electron chi connectivity index (χ2n) is 4.45. The molecular weight excluding hydrogens is 320 g/mol. The van der Waals surface area contributed by atoms with Crippen LogP contribution in [0.3, 0.4) is 0 Å². The van der Waals surface area contributed by atoms with Crippen LogP contribution in [0.15, 0.2) is 24.3 Å². The molecule has 1 N–H and O–H groups in total. The number of amides is 1. The molecule has 0 unspecified atom stereocenters. The lowest BCUT2D eigenvalue weighted by molar-refractivity contribution is 0.0593. The summed E-state index contributed by atoms with van der Waals surface area (Å²) in [6.45, 7) is 1.66. The number of benzene rings is 1. The van der Waals surface area contributed by atoms with E-state index in [2.05, 4.69) is 19.8 Å². The lowest BCUT2D eigenvalue weighted by atomic mass is 10.1. The van der Waals surface area contributed by atoms with Gasteiger partial charge >= 0.3 is 11.9 Å². The van der Waals surface area contributed by atoms with Gasteiger partial charge < -0.3 is 9.47 Å². The lowest BCUT2D eigenvalue weighted by Crippen LogP contribution is -2.12. The zero-order valence-corrected chi connectivity index (χ0v) is 13.5. The van der Waals surface area contributed by atoms with Gasteiger partial charge in [-0.2, -0.15) is 0 Å². The number of hydrogen-bond acceptors (Lipinski definition) is 7. The molecule has 2 aromatic rings. The Bertz CT molecular complexity index is 752. The number of aromatic nitrogens is 1. The average Bonchev–Trinajstić information content (AvgIpc) is 2.93. The van der Waals surface area contributed by atoms with Crippen molar-refractivity contribution >= 4 is 34.3 Å². The van der Waals surface area contributed by atoms with Crippen molar-refractivity contribution in [1.29, 1.82) is 0 Å². The number of hydrogen-bond donors (Lipinski definition) is 1. The minimum atomic E-state index is -0.497. The number of thiazole rings is 1. The molecule has 0 radical (unpaired) electrons. The maximum atomic E-state index is 12.1. The molecule has 1 amide bonds. The van der Waals surface area contributed by atoms with Crippen molar-refractivity contribution in [1.82, 2.24) is 4.98 Å². The van der Waals surface area contributed by atoms with Crippen LogP contribution in [-0.4, -0.2) is 37.0 Å². The standard InChI is InChI=1S/C15H14N2O5S/c1-8-11(14(20)22-3)23-15(16-8)17-12(18)9-4-6-10(7-5-9)13(19)21-2/h4-7H,1-3H3,(H,16,17,18). The molecule has 0 atom stereocenters. The zero-order chi connectivity index (χ0) is 17.0. The number of nitrogens with one attached hydrogen (secondary N) is 1. The van der Waals surface area contributed by atoms with Gasteiger partial charge in [-0.1, -0.05) is 11.3 Å². The summed E-state index contributed by atoms with van der Waals surface area (Å²) >= 11 is 1.04. The van der Waals surface area contributed by atoms with Crippen molar-refractivity contribution in [3.63, 3.8) is 0 Å². The van der Waals surface area contributed by atoms with Gasteiger partial charge in [0, 0.05) is 5.56 Å². The zero-order valence-electron chi connectivity index (χ0n) is 12.7. The van der Waals surface area contributed by atoms with Gasteiger partial charge in [-0.15, -0.1) is 0 Å². The number of aryl methyl sites for hydroxylation is 1. The Morgan fingerprint density at radius 2 is 1.57 bits per heavy atom. The van der Waals surface area contributed by atoms with E-state index in [1.165, 1.54) is 38.5 Å². The third kappa shape index (κ3) is 3.72. The molecule has 0 saturated carbocycles. The van der Waals surface area contributed by atoms with Crippen LogP contribution in [0.5, 0.6) is 0 Å². The fraction of sp³-hybridized carbons (Fsp3) is 0.200. The summed E-state index contributed by atoms with van der Waals surface area (Å²) < 4.78 is 9.23. The lowest BCUT2D eigenvalue weighted by Gasteiger charge is -2.03. The SMILES string of the molecule is COC(=O)c1ccc(C(=O)Nc2nc(C)c(C(=O)OC)s2)cc1. The van der Waals surface area contributed by atoms with Gasteiger partial charge in [0.25, 0.3) is 5.91 Å². The quantitative estimate of drug-likeness (QED) is 0.862. The molecule has 1 aromatic carbocycles. The van der Waals surface area contributed by atoms with Crippen LogP contribution in [-0.2, 0) is 9.47 Å². The first-order chi connectivity index (χ1) is 11.0.